The summed E-state index contributed by atoms with van der Waals surface area (Å²) in [5.41, 5.74) is 2.22. The number of carboxylic acids is 1. The second-order valence-electron chi connectivity index (χ2n) is 5.38. The first-order chi connectivity index (χ1) is 10.4. The van der Waals surface area contributed by atoms with E-state index in [2.05, 4.69) is 5.10 Å². The molecule has 0 saturated carbocycles. The Labute approximate surface area is 132 Å². The van der Waals surface area contributed by atoms with Crippen molar-refractivity contribution in [1.29, 1.82) is 0 Å². The molecule has 2 aromatic rings. The van der Waals surface area contributed by atoms with Crippen LogP contribution in [0.25, 0.3) is 11.3 Å². The lowest BCUT2D eigenvalue weighted by atomic mass is 9.93. The smallest absolute Gasteiger partial charge is 0.356 e. The molecule has 1 aromatic heterocycles. The van der Waals surface area contributed by atoms with E-state index in [1.54, 1.807) is 13.1 Å². The zero-order chi connectivity index (χ0) is 16.0. The Morgan fingerprint density at radius 1 is 1.41 bits per heavy atom. The topological polar surface area (TPSA) is 73.6 Å². The summed E-state index contributed by atoms with van der Waals surface area (Å²) in [7, 11) is 1.69. The van der Waals surface area contributed by atoms with E-state index in [9.17, 15) is 4.79 Å². The van der Waals surface area contributed by atoms with Crippen molar-refractivity contribution in [2.45, 2.75) is 19.8 Å². The molecular weight excluding hydrogens is 308 g/mol. The zero-order valence-electron chi connectivity index (χ0n) is 12.4. The van der Waals surface area contributed by atoms with Crippen LogP contribution in [0.15, 0.2) is 12.1 Å². The number of hydrogen-bond acceptors (Lipinski definition) is 4. The number of nitrogens with zero attached hydrogens (tertiary/aromatic N) is 2. The molecule has 1 aliphatic rings. The molecule has 0 radical (unpaired) electrons. The highest BCUT2D eigenvalue weighted by molar-refractivity contribution is 6.33. The number of halogens is 1. The van der Waals surface area contributed by atoms with Crippen molar-refractivity contribution in [1.82, 2.24) is 9.78 Å². The van der Waals surface area contributed by atoms with E-state index in [1.807, 2.05) is 13.8 Å². The van der Waals surface area contributed by atoms with E-state index in [0.29, 0.717) is 22.2 Å². The standard InChI is InChI=1S/C15H15ClN2O4/c1-7(2)12-13(8(16)4-11-14(12)22-6-21-11)10-5-9(15(19)20)17-18(10)3/h4-5,7H,6H2,1-3H3,(H,19,20). The van der Waals surface area contributed by atoms with E-state index in [4.69, 9.17) is 26.2 Å². The van der Waals surface area contributed by atoms with Gasteiger partial charge in [-0.15, -0.1) is 0 Å². The van der Waals surface area contributed by atoms with Gasteiger partial charge in [0.1, 0.15) is 0 Å². The molecule has 116 valence electrons. The lowest BCUT2D eigenvalue weighted by Gasteiger charge is -2.17. The van der Waals surface area contributed by atoms with Gasteiger partial charge in [-0.05, 0) is 12.0 Å². The predicted octanol–water partition coefficient (Wildman–Crippen LogP) is 3.29. The average molecular weight is 323 g/mol. The molecule has 0 atom stereocenters. The molecule has 0 amide bonds. The van der Waals surface area contributed by atoms with Crippen molar-refractivity contribution in [3.63, 3.8) is 0 Å². The van der Waals surface area contributed by atoms with E-state index in [0.717, 1.165) is 11.1 Å². The van der Waals surface area contributed by atoms with Gasteiger partial charge >= 0.3 is 5.97 Å². The van der Waals surface area contributed by atoms with Crippen LogP contribution in [-0.2, 0) is 7.05 Å². The van der Waals surface area contributed by atoms with Gasteiger partial charge in [0.2, 0.25) is 6.79 Å². The molecule has 7 heteroatoms. The highest BCUT2D eigenvalue weighted by atomic mass is 35.5. The highest BCUT2D eigenvalue weighted by Crippen LogP contribution is 2.48. The number of hydrogen-bond donors (Lipinski definition) is 1. The van der Waals surface area contributed by atoms with Crippen molar-refractivity contribution >= 4 is 17.6 Å². The molecule has 1 aliphatic heterocycles. The Morgan fingerprint density at radius 3 is 2.73 bits per heavy atom. The Morgan fingerprint density at radius 2 is 2.14 bits per heavy atom. The predicted molar refractivity (Wildman–Crippen MR) is 80.8 cm³/mol. The van der Waals surface area contributed by atoms with Crippen molar-refractivity contribution in [3.05, 3.63) is 28.4 Å². The molecule has 3 rings (SSSR count). The first kappa shape index (κ1) is 14.7. The van der Waals surface area contributed by atoms with Gasteiger partial charge in [-0.2, -0.15) is 5.10 Å². The summed E-state index contributed by atoms with van der Waals surface area (Å²) in [6, 6.07) is 3.20. The van der Waals surface area contributed by atoms with Crippen molar-refractivity contribution in [3.8, 4) is 22.8 Å². The van der Waals surface area contributed by atoms with Crippen LogP contribution in [-0.4, -0.2) is 27.6 Å². The van der Waals surface area contributed by atoms with Gasteiger partial charge in [0.25, 0.3) is 0 Å². The SMILES string of the molecule is CC(C)c1c2c(cc(Cl)c1-c1cc(C(=O)O)nn1C)OCO2. The normalized spacial score (nSPS) is 13.0. The van der Waals surface area contributed by atoms with Gasteiger partial charge in [0, 0.05) is 24.2 Å². The number of aryl methyl sites for hydroxylation is 1. The quantitative estimate of drug-likeness (QED) is 0.938. The Bertz CT molecular complexity index is 767. The van der Waals surface area contributed by atoms with Crippen molar-refractivity contribution < 1.29 is 19.4 Å². The van der Waals surface area contributed by atoms with Gasteiger partial charge in [0.05, 0.1) is 10.7 Å². The average Bonchev–Trinajstić information content (AvgIpc) is 3.03. The third-order valence-corrected chi connectivity index (χ3v) is 3.88. The van der Waals surface area contributed by atoms with Crippen LogP contribution in [0.4, 0.5) is 0 Å². The maximum atomic E-state index is 11.1. The Kier molecular flexibility index (Phi) is 3.48. The van der Waals surface area contributed by atoms with Crippen LogP contribution in [0.1, 0.15) is 35.8 Å². The molecule has 0 bridgehead atoms. The summed E-state index contributed by atoms with van der Waals surface area (Å²) in [6.45, 7) is 4.19. The van der Waals surface area contributed by atoms with Gasteiger partial charge in [-0.3, -0.25) is 4.68 Å². The third kappa shape index (κ3) is 2.20. The van der Waals surface area contributed by atoms with E-state index < -0.39 is 5.97 Å². The maximum absolute atomic E-state index is 11.1. The van der Waals surface area contributed by atoms with Gasteiger partial charge in [-0.1, -0.05) is 25.4 Å². The van der Waals surface area contributed by atoms with Crippen LogP contribution in [0.2, 0.25) is 5.02 Å². The van der Waals surface area contributed by atoms with Crippen molar-refractivity contribution in [2.75, 3.05) is 6.79 Å². The number of rotatable bonds is 3. The molecule has 6 nitrogen and oxygen atoms in total. The summed E-state index contributed by atoms with van der Waals surface area (Å²) < 4.78 is 12.5. The number of fused-ring (bicyclic) bond motifs is 1. The van der Waals surface area contributed by atoms with E-state index >= 15 is 0 Å². The van der Waals surface area contributed by atoms with Gasteiger partial charge in [-0.25, -0.2) is 4.79 Å². The molecule has 1 N–H and O–H groups in total. The number of ether oxygens (including phenoxy) is 2. The number of aromatic carboxylic acids is 1. The maximum Gasteiger partial charge on any atom is 0.356 e. The Balaban J connectivity index is 2.29. The lowest BCUT2D eigenvalue weighted by Crippen LogP contribution is -2.02. The first-order valence-electron chi connectivity index (χ1n) is 6.79. The minimum absolute atomic E-state index is 0.0269. The first-order valence-corrected chi connectivity index (χ1v) is 7.17. The second-order valence-corrected chi connectivity index (χ2v) is 5.79. The molecule has 22 heavy (non-hydrogen) atoms. The van der Waals surface area contributed by atoms with Crippen molar-refractivity contribution in [2.24, 2.45) is 7.05 Å². The molecule has 0 unspecified atom stereocenters. The Hall–Kier alpha value is -2.21. The monoisotopic (exact) mass is 322 g/mol. The molecule has 1 aromatic carbocycles. The molecule has 2 heterocycles. The highest BCUT2D eigenvalue weighted by Gasteiger charge is 2.28. The number of carbonyl (C=O) groups is 1. The van der Waals surface area contributed by atoms with Gasteiger partial charge < -0.3 is 14.6 Å². The number of carboxylic acid groups (broad SMARTS) is 1. The summed E-state index contributed by atoms with van der Waals surface area (Å²) in [5.74, 6) is 0.308. The molecule has 0 fully saturated rings. The van der Waals surface area contributed by atoms with E-state index in [1.165, 1.54) is 10.7 Å². The largest absolute Gasteiger partial charge is 0.476 e. The van der Waals surface area contributed by atoms with Crippen LogP contribution in [0.5, 0.6) is 11.5 Å². The van der Waals surface area contributed by atoms with E-state index in [-0.39, 0.29) is 18.4 Å². The third-order valence-electron chi connectivity index (χ3n) is 3.58. The summed E-state index contributed by atoms with van der Waals surface area (Å²) in [6.07, 6.45) is 0. The fourth-order valence-electron chi connectivity index (χ4n) is 2.65. The van der Waals surface area contributed by atoms with Crippen LogP contribution in [0, 0.1) is 0 Å². The summed E-state index contributed by atoms with van der Waals surface area (Å²) in [4.78, 5) is 11.1. The minimum atomic E-state index is -1.08. The fraction of sp³-hybridized carbons (Fsp3) is 0.333. The fourth-order valence-corrected chi connectivity index (χ4v) is 2.95. The summed E-state index contributed by atoms with van der Waals surface area (Å²) >= 11 is 6.43. The van der Waals surface area contributed by atoms with Crippen LogP contribution < -0.4 is 9.47 Å². The number of benzene rings is 1. The molecular formula is C15H15ClN2O4. The van der Waals surface area contributed by atoms with Gasteiger partial charge in [0.15, 0.2) is 17.2 Å². The van der Waals surface area contributed by atoms with Crippen LogP contribution >= 0.6 is 11.6 Å². The molecule has 0 aliphatic carbocycles. The second kappa shape index (κ2) is 5.21. The molecule has 0 spiro atoms. The zero-order valence-corrected chi connectivity index (χ0v) is 13.1. The summed E-state index contributed by atoms with van der Waals surface area (Å²) in [5, 5.41) is 13.6. The lowest BCUT2D eigenvalue weighted by molar-refractivity contribution is 0.0689. The minimum Gasteiger partial charge on any atom is -0.476 e. The number of aromatic nitrogens is 2. The van der Waals surface area contributed by atoms with Crippen LogP contribution in [0.3, 0.4) is 0 Å². The molecule has 0 saturated heterocycles.